The molecule has 0 atom stereocenters. The van der Waals surface area contributed by atoms with Gasteiger partial charge in [-0.2, -0.15) is 0 Å². The number of nitrogens with two attached hydrogens (primary N) is 1. The Bertz CT molecular complexity index is 898. The molecule has 1 saturated heterocycles. The Hall–Kier alpha value is -1.38. The van der Waals surface area contributed by atoms with Gasteiger partial charge in [-0.15, -0.1) is 0 Å². The largest absolute Gasteiger partial charge is 0.508 e. The lowest BCUT2D eigenvalue weighted by molar-refractivity contribution is 0.215. The minimum absolute atomic E-state index is 0.0103. The van der Waals surface area contributed by atoms with Crippen molar-refractivity contribution in [1.29, 1.82) is 0 Å². The number of halogens is 1. The predicted octanol–water partition coefficient (Wildman–Crippen LogP) is 3.83. The van der Waals surface area contributed by atoms with E-state index in [1.165, 1.54) is 5.57 Å². The molecule has 3 N–H and O–H groups in total. The van der Waals surface area contributed by atoms with Crippen molar-refractivity contribution in [2.75, 3.05) is 26.2 Å². The van der Waals surface area contributed by atoms with Crippen molar-refractivity contribution in [2.45, 2.75) is 36.5 Å². The first-order valence-electron chi connectivity index (χ1n) is 9.39. The SMILES string of the molecule is C=C(CCN)CN1CCC(c2oc3c(CI)c(O)ccc3c(=O)c2C)CC1. The standard InChI is InChI=1S/C21H27IN2O3/c1-13(5-8-23)12-24-9-6-15(7-10-24)20-14(2)19(26)16-3-4-18(25)17(11-22)21(16)27-20/h3-4,15,25H,1,5-12,23H2,2H3. The second kappa shape index (κ2) is 8.75. The van der Waals surface area contributed by atoms with Crippen molar-refractivity contribution < 1.29 is 9.52 Å². The summed E-state index contributed by atoms with van der Waals surface area (Å²) in [5.41, 5.74) is 8.71. The van der Waals surface area contributed by atoms with Crippen molar-refractivity contribution >= 4 is 33.6 Å². The Labute approximate surface area is 173 Å². The van der Waals surface area contributed by atoms with Crippen LogP contribution in [0.25, 0.3) is 11.0 Å². The average Bonchev–Trinajstić information content (AvgIpc) is 2.65. The van der Waals surface area contributed by atoms with E-state index >= 15 is 0 Å². The van der Waals surface area contributed by atoms with Crippen LogP contribution < -0.4 is 11.2 Å². The van der Waals surface area contributed by atoms with Crippen molar-refractivity contribution in [3.8, 4) is 5.75 Å². The van der Waals surface area contributed by atoms with E-state index < -0.39 is 0 Å². The van der Waals surface area contributed by atoms with E-state index in [1.54, 1.807) is 12.1 Å². The molecule has 1 aliphatic rings. The first kappa shape index (κ1) is 20.4. The fourth-order valence-electron chi connectivity index (χ4n) is 3.88. The van der Waals surface area contributed by atoms with Crippen LogP contribution in [0.5, 0.6) is 5.75 Å². The van der Waals surface area contributed by atoms with E-state index in [1.807, 2.05) is 6.92 Å². The van der Waals surface area contributed by atoms with Gasteiger partial charge < -0.3 is 15.3 Å². The van der Waals surface area contributed by atoms with Crippen LogP contribution in [0.2, 0.25) is 0 Å². The van der Waals surface area contributed by atoms with E-state index in [9.17, 15) is 9.90 Å². The molecule has 0 spiro atoms. The number of phenols is 1. The Morgan fingerprint density at radius 3 is 2.74 bits per heavy atom. The molecule has 0 amide bonds. The third kappa shape index (κ3) is 4.22. The highest BCUT2D eigenvalue weighted by Gasteiger charge is 2.26. The summed E-state index contributed by atoms with van der Waals surface area (Å²) in [6, 6.07) is 3.24. The molecular weight excluding hydrogens is 455 g/mol. The molecule has 146 valence electrons. The van der Waals surface area contributed by atoms with Crippen LogP contribution in [-0.2, 0) is 4.43 Å². The second-order valence-electron chi connectivity index (χ2n) is 7.33. The van der Waals surface area contributed by atoms with Crippen molar-refractivity contribution in [2.24, 2.45) is 5.73 Å². The zero-order valence-corrected chi connectivity index (χ0v) is 17.9. The molecule has 0 bridgehead atoms. The summed E-state index contributed by atoms with van der Waals surface area (Å²) in [5.74, 6) is 1.19. The van der Waals surface area contributed by atoms with E-state index in [-0.39, 0.29) is 17.1 Å². The van der Waals surface area contributed by atoms with E-state index in [0.29, 0.717) is 33.1 Å². The lowest BCUT2D eigenvalue weighted by atomic mass is 9.90. The smallest absolute Gasteiger partial charge is 0.195 e. The van der Waals surface area contributed by atoms with Crippen LogP contribution in [0.1, 0.15) is 42.1 Å². The molecule has 27 heavy (non-hydrogen) atoms. The quantitative estimate of drug-likeness (QED) is 0.372. The molecule has 0 saturated carbocycles. The zero-order chi connectivity index (χ0) is 19.6. The van der Waals surface area contributed by atoms with Gasteiger partial charge in [0.25, 0.3) is 0 Å². The number of fused-ring (bicyclic) bond motifs is 1. The first-order valence-corrected chi connectivity index (χ1v) is 10.9. The number of piperidine rings is 1. The second-order valence-corrected chi connectivity index (χ2v) is 8.10. The number of benzene rings is 1. The molecule has 0 unspecified atom stereocenters. The number of aromatic hydroxyl groups is 1. The molecule has 5 nitrogen and oxygen atoms in total. The fourth-order valence-corrected chi connectivity index (χ4v) is 4.62. The fraction of sp³-hybridized carbons (Fsp3) is 0.476. The van der Waals surface area contributed by atoms with Crippen molar-refractivity contribution in [1.82, 2.24) is 4.90 Å². The zero-order valence-electron chi connectivity index (χ0n) is 15.8. The Morgan fingerprint density at radius 1 is 1.41 bits per heavy atom. The summed E-state index contributed by atoms with van der Waals surface area (Å²) >= 11 is 2.19. The van der Waals surface area contributed by atoms with Gasteiger partial charge in [0.05, 0.1) is 5.39 Å². The van der Waals surface area contributed by atoms with Crippen LogP contribution >= 0.6 is 22.6 Å². The number of likely N-dealkylation sites (tertiary alicyclic amines) is 1. The summed E-state index contributed by atoms with van der Waals surface area (Å²) in [7, 11) is 0. The minimum atomic E-state index is 0.0103. The van der Waals surface area contributed by atoms with Gasteiger partial charge in [0.15, 0.2) is 5.43 Å². The number of phenolic OH excluding ortho intramolecular Hbond substituents is 1. The normalized spacial score (nSPS) is 16.1. The highest BCUT2D eigenvalue weighted by Crippen LogP contribution is 2.34. The number of alkyl halides is 1. The van der Waals surface area contributed by atoms with Crippen LogP contribution in [-0.4, -0.2) is 36.2 Å². The molecule has 2 aromatic rings. The Kier molecular flexibility index (Phi) is 6.60. The monoisotopic (exact) mass is 482 g/mol. The van der Waals surface area contributed by atoms with Crippen LogP contribution in [0.15, 0.2) is 33.5 Å². The molecule has 1 aromatic heterocycles. The van der Waals surface area contributed by atoms with E-state index in [2.05, 4.69) is 34.1 Å². The summed E-state index contributed by atoms with van der Waals surface area (Å²) in [6.45, 7) is 9.38. The molecule has 1 aromatic carbocycles. The summed E-state index contributed by atoms with van der Waals surface area (Å²) in [5, 5.41) is 10.7. The van der Waals surface area contributed by atoms with Gasteiger partial charge in [-0.25, -0.2) is 0 Å². The van der Waals surface area contributed by atoms with Crippen LogP contribution in [0, 0.1) is 6.92 Å². The molecule has 0 radical (unpaired) electrons. The van der Waals surface area contributed by atoms with Gasteiger partial charge in [-0.3, -0.25) is 9.69 Å². The lowest BCUT2D eigenvalue weighted by Gasteiger charge is -2.32. The van der Waals surface area contributed by atoms with Gasteiger partial charge in [0, 0.05) is 28.0 Å². The van der Waals surface area contributed by atoms with Crippen LogP contribution in [0.3, 0.4) is 0 Å². The van der Waals surface area contributed by atoms with E-state index in [4.69, 9.17) is 10.2 Å². The van der Waals surface area contributed by atoms with Gasteiger partial charge in [0.2, 0.25) is 0 Å². The first-order chi connectivity index (χ1) is 13.0. The highest BCUT2D eigenvalue weighted by molar-refractivity contribution is 14.1. The average molecular weight is 482 g/mol. The number of hydrogen-bond acceptors (Lipinski definition) is 5. The Balaban J connectivity index is 1.86. The van der Waals surface area contributed by atoms with Crippen molar-refractivity contribution in [3.63, 3.8) is 0 Å². The summed E-state index contributed by atoms with van der Waals surface area (Å²) < 4.78 is 6.84. The Morgan fingerprint density at radius 2 is 2.11 bits per heavy atom. The van der Waals surface area contributed by atoms with Crippen LogP contribution in [0.4, 0.5) is 0 Å². The van der Waals surface area contributed by atoms with Gasteiger partial charge in [-0.1, -0.05) is 34.7 Å². The third-order valence-electron chi connectivity index (χ3n) is 5.44. The lowest BCUT2D eigenvalue weighted by Crippen LogP contribution is -2.35. The molecule has 0 aliphatic carbocycles. The molecule has 3 rings (SSSR count). The highest BCUT2D eigenvalue weighted by atomic mass is 127. The van der Waals surface area contributed by atoms with Crippen molar-refractivity contribution in [3.05, 3.63) is 51.4 Å². The summed E-state index contributed by atoms with van der Waals surface area (Å²) in [4.78, 5) is 15.3. The maximum atomic E-state index is 12.9. The number of rotatable bonds is 6. The van der Waals surface area contributed by atoms with E-state index in [0.717, 1.165) is 44.7 Å². The van der Waals surface area contributed by atoms with Gasteiger partial charge in [-0.05, 0) is 58.0 Å². The summed E-state index contributed by atoms with van der Waals surface area (Å²) in [6.07, 6.45) is 2.76. The predicted molar refractivity (Wildman–Crippen MR) is 118 cm³/mol. The van der Waals surface area contributed by atoms with Gasteiger partial charge in [0.1, 0.15) is 17.1 Å². The topological polar surface area (TPSA) is 79.7 Å². The maximum Gasteiger partial charge on any atom is 0.195 e. The number of nitrogens with zero attached hydrogens (tertiary/aromatic N) is 1. The minimum Gasteiger partial charge on any atom is -0.508 e. The number of hydrogen-bond donors (Lipinski definition) is 2. The third-order valence-corrected chi connectivity index (χ3v) is 6.20. The maximum absolute atomic E-state index is 12.9. The molecule has 1 fully saturated rings. The molecule has 6 heteroatoms. The molecule has 1 aliphatic heterocycles. The van der Waals surface area contributed by atoms with Gasteiger partial charge >= 0.3 is 0 Å². The molecule has 2 heterocycles. The molecular formula is C21H27IN2O3.